The highest BCUT2D eigenvalue weighted by molar-refractivity contribution is 6.05. The van der Waals surface area contributed by atoms with Crippen LogP contribution in [-0.2, 0) is 6.54 Å². The van der Waals surface area contributed by atoms with E-state index >= 15 is 0 Å². The van der Waals surface area contributed by atoms with Crippen molar-refractivity contribution in [2.75, 3.05) is 6.54 Å². The highest BCUT2D eigenvalue weighted by Crippen LogP contribution is 2.20. The van der Waals surface area contributed by atoms with Crippen LogP contribution in [0.2, 0.25) is 0 Å². The Bertz CT molecular complexity index is 941. The van der Waals surface area contributed by atoms with Crippen LogP contribution >= 0.6 is 0 Å². The highest BCUT2D eigenvalue weighted by Gasteiger charge is 2.20. The molecule has 0 fully saturated rings. The predicted octanol–water partition coefficient (Wildman–Crippen LogP) is 1.33. The fourth-order valence-electron chi connectivity index (χ4n) is 2.81. The average Bonchev–Trinajstić information content (AvgIpc) is 2.56. The second-order valence-electron chi connectivity index (χ2n) is 7.73. The summed E-state index contributed by atoms with van der Waals surface area (Å²) in [6, 6.07) is 1.60. The van der Waals surface area contributed by atoms with E-state index in [1.807, 2.05) is 34.6 Å². The van der Waals surface area contributed by atoms with Gasteiger partial charge in [-0.3, -0.25) is 19.1 Å². The zero-order chi connectivity index (χ0) is 20.3. The summed E-state index contributed by atoms with van der Waals surface area (Å²) in [4.78, 5) is 44.5. The van der Waals surface area contributed by atoms with Crippen LogP contribution in [0.3, 0.4) is 0 Å². The first kappa shape index (κ1) is 20.8. The fraction of sp³-hybridized carbons (Fsp3) is 0.579. The van der Waals surface area contributed by atoms with Crippen LogP contribution in [0.5, 0.6) is 0 Å². The maximum atomic E-state index is 12.8. The minimum absolute atomic E-state index is 0.0342. The molecule has 0 aliphatic heterocycles. The molecule has 0 bridgehead atoms. The van der Waals surface area contributed by atoms with Gasteiger partial charge in [-0.2, -0.15) is 0 Å². The number of hydrogen-bond acceptors (Lipinski definition) is 5. The summed E-state index contributed by atoms with van der Waals surface area (Å²) < 4.78 is 1.44. The van der Waals surface area contributed by atoms with Crippen molar-refractivity contribution >= 4 is 16.9 Å². The Morgan fingerprint density at radius 1 is 1.26 bits per heavy atom. The summed E-state index contributed by atoms with van der Waals surface area (Å²) in [6.45, 7) is 10.5. The molecule has 0 aliphatic carbocycles. The number of fused-ring (bicyclic) bond motifs is 1. The van der Waals surface area contributed by atoms with Gasteiger partial charge < -0.3 is 11.1 Å². The Hall–Kier alpha value is -2.48. The molecule has 0 aliphatic rings. The van der Waals surface area contributed by atoms with E-state index in [-0.39, 0.29) is 40.4 Å². The van der Waals surface area contributed by atoms with E-state index in [2.05, 4.69) is 15.3 Å². The Labute approximate surface area is 158 Å². The van der Waals surface area contributed by atoms with Gasteiger partial charge in [0.1, 0.15) is 0 Å². The van der Waals surface area contributed by atoms with Gasteiger partial charge in [-0.1, -0.05) is 27.7 Å². The molecule has 8 heteroatoms. The zero-order valence-corrected chi connectivity index (χ0v) is 16.6. The second kappa shape index (κ2) is 8.47. The molecule has 0 radical (unpaired) electrons. The van der Waals surface area contributed by atoms with Crippen LogP contribution in [-0.4, -0.2) is 33.0 Å². The number of pyridine rings is 1. The molecule has 8 nitrogen and oxygen atoms in total. The summed E-state index contributed by atoms with van der Waals surface area (Å²) in [5.74, 6) is -0.165. The average molecular weight is 375 g/mol. The normalized spacial score (nSPS) is 12.7. The minimum Gasteiger partial charge on any atom is -0.352 e. The molecule has 2 aromatic heterocycles. The van der Waals surface area contributed by atoms with Crippen molar-refractivity contribution in [2.45, 2.75) is 59.5 Å². The second-order valence-corrected chi connectivity index (χ2v) is 7.73. The maximum Gasteiger partial charge on any atom is 0.330 e. The lowest BCUT2D eigenvalue weighted by Gasteiger charge is -2.16. The fourth-order valence-corrected chi connectivity index (χ4v) is 2.81. The molecule has 1 atom stereocenters. The first-order valence-corrected chi connectivity index (χ1v) is 9.33. The van der Waals surface area contributed by atoms with Gasteiger partial charge in [0.25, 0.3) is 11.5 Å². The molecule has 0 spiro atoms. The highest BCUT2D eigenvalue weighted by atomic mass is 16.2. The number of rotatable bonds is 7. The van der Waals surface area contributed by atoms with Crippen LogP contribution in [0.25, 0.3) is 11.0 Å². The molecule has 0 saturated heterocycles. The van der Waals surface area contributed by atoms with Crippen molar-refractivity contribution in [1.29, 1.82) is 0 Å². The van der Waals surface area contributed by atoms with Crippen LogP contribution in [0.1, 0.15) is 63.0 Å². The van der Waals surface area contributed by atoms with E-state index < -0.39 is 11.2 Å². The minimum atomic E-state index is -0.602. The number of aromatic amines is 1. The molecule has 1 unspecified atom stereocenters. The molecular formula is C19H29N5O3. The summed E-state index contributed by atoms with van der Waals surface area (Å²) in [5, 5.41) is 2.94. The van der Waals surface area contributed by atoms with Gasteiger partial charge in [0.2, 0.25) is 0 Å². The number of hydrogen-bond donors (Lipinski definition) is 3. The summed E-state index contributed by atoms with van der Waals surface area (Å²) in [5.41, 5.74) is 5.74. The van der Waals surface area contributed by atoms with E-state index in [1.54, 1.807) is 6.07 Å². The predicted molar refractivity (Wildman–Crippen MR) is 106 cm³/mol. The summed E-state index contributed by atoms with van der Waals surface area (Å²) >= 11 is 0. The molecule has 2 rings (SSSR count). The number of amides is 1. The first-order valence-electron chi connectivity index (χ1n) is 9.33. The van der Waals surface area contributed by atoms with Crippen molar-refractivity contribution < 1.29 is 4.79 Å². The van der Waals surface area contributed by atoms with Gasteiger partial charge in [-0.25, -0.2) is 9.78 Å². The van der Waals surface area contributed by atoms with Gasteiger partial charge in [-0.15, -0.1) is 0 Å². The van der Waals surface area contributed by atoms with Gasteiger partial charge in [-0.05, 0) is 31.2 Å². The van der Waals surface area contributed by atoms with Crippen molar-refractivity contribution in [3.63, 3.8) is 0 Å². The van der Waals surface area contributed by atoms with E-state index in [9.17, 15) is 14.4 Å². The molecule has 2 heterocycles. The molecule has 1 amide bonds. The number of aromatic nitrogens is 3. The number of nitrogens with one attached hydrogen (secondary N) is 2. The Kier molecular flexibility index (Phi) is 6.54. The Morgan fingerprint density at radius 2 is 1.93 bits per heavy atom. The monoisotopic (exact) mass is 375 g/mol. The van der Waals surface area contributed by atoms with E-state index in [0.29, 0.717) is 25.2 Å². The van der Waals surface area contributed by atoms with Crippen molar-refractivity contribution in [2.24, 2.45) is 11.7 Å². The number of H-pyrrole nitrogens is 1. The van der Waals surface area contributed by atoms with E-state index in [4.69, 9.17) is 5.73 Å². The number of carbonyl (C=O) groups excluding carboxylic acids is 1. The lowest BCUT2D eigenvalue weighted by Crippen LogP contribution is -2.35. The first-order chi connectivity index (χ1) is 12.6. The van der Waals surface area contributed by atoms with Crippen molar-refractivity contribution in [3.8, 4) is 0 Å². The quantitative estimate of drug-likeness (QED) is 0.674. The zero-order valence-electron chi connectivity index (χ0n) is 16.6. The van der Waals surface area contributed by atoms with Gasteiger partial charge in [0, 0.05) is 24.8 Å². The number of nitrogens with two attached hydrogens (primary N) is 1. The van der Waals surface area contributed by atoms with Crippen LogP contribution in [0.4, 0.5) is 0 Å². The van der Waals surface area contributed by atoms with Gasteiger partial charge >= 0.3 is 5.69 Å². The number of carbonyl (C=O) groups is 1. The number of nitrogens with zero attached hydrogens (tertiary/aromatic N) is 2. The third kappa shape index (κ3) is 4.82. The van der Waals surface area contributed by atoms with Crippen LogP contribution in [0.15, 0.2) is 15.7 Å². The van der Waals surface area contributed by atoms with Gasteiger partial charge in [0.15, 0.2) is 5.65 Å². The Balaban J connectivity index is 2.70. The third-order valence-electron chi connectivity index (χ3n) is 4.24. The summed E-state index contributed by atoms with van der Waals surface area (Å²) in [6.07, 6.45) is 0.625. The standard InChI is InChI=1S/C19H29N5O3/c1-10(2)9-24-16-15(18(26)23-19(24)27)13(8-14(22-16)11(3)4)17(25)21-7-6-12(5)20/h8,10-12H,6-7,9,20H2,1-5H3,(H,21,25)(H,23,26,27). The lowest BCUT2D eigenvalue weighted by atomic mass is 10.0. The molecule has 27 heavy (non-hydrogen) atoms. The summed E-state index contributed by atoms with van der Waals surface area (Å²) in [7, 11) is 0. The third-order valence-corrected chi connectivity index (χ3v) is 4.24. The maximum absolute atomic E-state index is 12.8. The van der Waals surface area contributed by atoms with Crippen LogP contribution < -0.4 is 22.3 Å². The SMILES string of the molecule is CC(C)Cn1c(=O)[nH]c(=O)c2c(C(=O)NCCC(C)N)cc(C(C)C)nc21. The topological polar surface area (TPSA) is 123 Å². The molecule has 0 saturated carbocycles. The molecular weight excluding hydrogens is 346 g/mol. The lowest BCUT2D eigenvalue weighted by molar-refractivity contribution is 0.0954. The molecule has 4 N–H and O–H groups in total. The Morgan fingerprint density at radius 3 is 2.48 bits per heavy atom. The largest absolute Gasteiger partial charge is 0.352 e. The van der Waals surface area contributed by atoms with Gasteiger partial charge in [0.05, 0.1) is 10.9 Å². The van der Waals surface area contributed by atoms with Crippen molar-refractivity contribution in [3.05, 3.63) is 38.2 Å². The van der Waals surface area contributed by atoms with Crippen molar-refractivity contribution in [1.82, 2.24) is 19.9 Å². The smallest absolute Gasteiger partial charge is 0.330 e. The van der Waals surface area contributed by atoms with E-state index in [1.165, 1.54) is 4.57 Å². The van der Waals surface area contributed by atoms with E-state index in [0.717, 1.165) is 0 Å². The molecule has 2 aromatic rings. The molecule has 0 aromatic carbocycles. The molecule has 148 valence electrons. The van der Waals surface area contributed by atoms with Crippen LogP contribution in [0, 0.1) is 5.92 Å².